The molecular weight excluding hydrogens is 388 g/mol. The topological polar surface area (TPSA) is 72.7 Å². The predicted molar refractivity (Wildman–Crippen MR) is 113 cm³/mol. The molecule has 1 amide bonds. The van der Waals surface area contributed by atoms with Gasteiger partial charge in [-0.15, -0.1) is 11.3 Å². The Kier molecular flexibility index (Phi) is 6.97. The molecule has 6 nitrogen and oxygen atoms in total. The van der Waals surface area contributed by atoms with Crippen molar-refractivity contribution in [1.82, 2.24) is 4.90 Å². The number of hydrogen-bond acceptors (Lipinski definition) is 5. The lowest BCUT2D eigenvalue weighted by atomic mass is 10.1. The van der Waals surface area contributed by atoms with Gasteiger partial charge >= 0.3 is 5.69 Å². The number of rotatable bonds is 9. The fourth-order valence-corrected chi connectivity index (χ4v) is 3.72. The summed E-state index contributed by atoms with van der Waals surface area (Å²) in [4.78, 5) is 26.9. The number of carbonyl (C=O) groups is 1. The fourth-order valence-electron chi connectivity index (χ4n) is 3.01. The van der Waals surface area contributed by atoms with Crippen molar-refractivity contribution in [3.05, 3.63) is 92.2 Å². The van der Waals surface area contributed by atoms with Gasteiger partial charge in [-0.1, -0.05) is 36.4 Å². The van der Waals surface area contributed by atoms with Gasteiger partial charge in [0, 0.05) is 23.1 Å². The molecule has 0 aliphatic rings. The van der Waals surface area contributed by atoms with E-state index in [4.69, 9.17) is 4.74 Å². The van der Waals surface area contributed by atoms with Gasteiger partial charge < -0.3 is 9.64 Å². The predicted octanol–water partition coefficient (Wildman–Crippen LogP) is 4.94. The van der Waals surface area contributed by atoms with Crippen LogP contribution in [0.2, 0.25) is 0 Å². The molecule has 0 aliphatic heterocycles. The van der Waals surface area contributed by atoms with Crippen LogP contribution in [0.5, 0.6) is 5.75 Å². The molecule has 0 aliphatic carbocycles. The summed E-state index contributed by atoms with van der Waals surface area (Å²) in [5, 5.41) is 13.4. The summed E-state index contributed by atoms with van der Waals surface area (Å²) < 4.78 is 5.32. The van der Waals surface area contributed by atoms with E-state index in [2.05, 4.69) is 0 Å². The summed E-state index contributed by atoms with van der Waals surface area (Å²) >= 11 is 1.58. The third kappa shape index (κ3) is 5.42. The molecule has 3 rings (SSSR count). The molecule has 0 spiro atoms. The number of nitro groups is 1. The molecule has 3 aromatic rings. The van der Waals surface area contributed by atoms with Gasteiger partial charge in [-0.2, -0.15) is 0 Å². The minimum Gasteiger partial charge on any atom is -0.487 e. The van der Waals surface area contributed by atoms with Gasteiger partial charge in [0.25, 0.3) is 5.91 Å². The third-order valence-corrected chi connectivity index (χ3v) is 5.29. The highest BCUT2D eigenvalue weighted by Crippen LogP contribution is 2.29. The van der Waals surface area contributed by atoms with Crippen molar-refractivity contribution in [2.24, 2.45) is 0 Å². The Balaban J connectivity index is 1.84. The monoisotopic (exact) mass is 410 g/mol. The maximum absolute atomic E-state index is 13.2. The van der Waals surface area contributed by atoms with Gasteiger partial charge in [0.15, 0.2) is 5.75 Å². The van der Waals surface area contributed by atoms with E-state index in [1.165, 1.54) is 12.1 Å². The van der Waals surface area contributed by atoms with E-state index >= 15 is 0 Å². The Morgan fingerprint density at radius 3 is 2.59 bits per heavy atom. The Hall–Kier alpha value is -3.19. The van der Waals surface area contributed by atoms with Crippen molar-refractivity contribution < 1.29 is 14.5 Å². The van der Waals surface area contributed by atoms with Crippen LogP contribution < -0.4 is 4.74 Å². The second kappa shape index (κ2) is 9.84. The van der Waals surface area contributed by atoms with Gasteiger partial charge in [-0.25, -0.2) is 0 Å². The average molecular weight is 410 g/mol. The van der Waals surface area contributed by atoms with E-state index in [9.17, 15) is 14.9 Å². The molecule has 2 aromatic carbocycles. The van der Waals surface area contributed by atoms with E-state index in [1.807, 2.05) is 47.8 Å². The molecule has 1 heterocycles. The van der Waals surface area contributed by atoms with Crippen LogP contribution in [0.1, 0.15) is 27.7 Å². The first-order chi connectivity index (χ1) is 14.1. The molecule has 0 saturated carbocycles. The minimum absolute atomic E-state index is 0.170. The zero-order valence-corrected chi connectivity index (χ0v) is 16.9. The number of amides is 1. The van der Waals surface area contributed by atoms with Gasteiger partial charge in [0.05, 0.1) is 18.1 Å². The van der Waals surface area contributed by atoms with Crippen LogP contribution in [0.15, 0.2) is 66.0 Å². The summed E-state index contributed by atoms with van der Waals surface area (Å²) in [7, 11) is 0. The van der Waals surface area contributed by atoms with Crippen LogP contribution in [0.25, 0.3) is 0 Å². The number of carbonyl (C=O) groups excluding carboxylic acids is 1. The zero-order chi connectivity index (χ0) is 20.6. The highest BCUT2D eigenvalue weighted by atomic mass is 32.1. The van der Waals surface area contributed by atoms with E-state index in [0.29, 0.717) is 26.1 Å². The quantitative estimate of drug-likeness (QED) is 0.370. The first-order valence-corrected chi connectivity index (χ1v) is 10.2. The first-order valence-electron chi connectivity index (χ1n) is 9.35. The summed E-state index contributed by atoms with van der Waals surface area (Å²) in [5.41, 5.74) is 1.22. The number of nitro benzene ring substituents is 1. The van der Waals surface area contributed by atoms with Crippen LogP contribution in [0.4, 0.5) is 5.69 Å². The zero-order valence-electron chi connectivity index (χ0n) is 16.1. The van der Waals surface area contributed by atoms with E-state index in [-0.39, 0.29) is 22.9 Å². The van der Waals surface area contributed by atoms with Crippen LogP contribution in [0.3, 0.4) is 0 Å². The maximum atomic E-state index is 13.2. The third-order valence-electron chi connectivity index (χ3n) is 4.43. The molecule has 0 radical (unpaired) electrons. The smallest absolute Gasteiger partial charge is 0.311 e. The summed E-state index contributed by atoms with van der Waals surface area (Å²) in [5.74, 6) is -0.0661. The Morgan fingerprint density at radius 2 is 1.93 bits per heavy atom. The van der Waals surface area contributed by atoms with Crippen molar-refractivity contribution in [1.29, 1.82) is 0 Å². The molecule has 0 atom stereocenters. The standard InChI is InChI=1S/C22H22N2O4S/c1-2-28-21-11-10-18(15-20(21)24(26)27)22(25)23(16-19-9-6-14-29-19)13-12-17-7-4-3-5-8-17/h3-11,14-15H,2,12-13,16H2,1H3. The van der Waals surface area contributed by atoms with Crippen molar-refractivity contribution in [3.8, 4) is 5.75 Å². The number of hydrogen-bond donors (Lipinski definition) is 0. The van der Waals surface area contributed by atoms with Crippen molar-refractivity contribution in [2.75, 3.05) is 13.2 Å². The van der Waals surface area contributed by atoms with Crippen LogP contribution in [-0.4, -0.2) is 28.9 Å². The molecule has 0 N–H and O–H groups in total. The van der Waals surface area contributed by atoms with Crippen LogP contribution >= 0.6 is 11.3 Å². The normalized spacial score (nSPS) is 10.5. The lowest BCUT2D eigenvalue weighted by molar-refractivity contribution is -0.385. The first kappa shape index (κ1) is 20.5. The van der Waals surface area contributed by atoms with Gasteiger partial charge in [0.1, 0.15) is 0 Å². The summed E-state index contributed by atoms with van der Waals surface area (Å²) in [6.45, 7) is 3.05. The molecule has 150 valence electrons. The van der Waals surface area contributed by atoms with Gasteiger partial charge in [-0.05, 0) is 42.5 Å². The Bertz CT molecular complexity index is 958. The van der Waals surface area contributed by atoms with Gasteiger partial charge in [-0.3, -0.25) is 14.9 Å². The molecule has 7 heteroatoms. The molecule has 0 bridgehead atoms. The van der Waals surface area contributed by atoms with Crippen LogP contribution in [0, 0.1) is 10.1 Å². The molecule has 0 unspecified atom stereocenters. The highest BCUT2D eigenvalue weighted by Gasteiger charge is 2.22. The molecule has 29 heavy (non-hydrogen) atoms. The summed E-state index contributed by atoms with van der Waals surface area (Å²) in [6, 6.07) is 18.3. The lowest BCUT2D eigenvalue weighted by Crippen LogP contribution is -2.32. The number of nitrogens with zero attached hydrogens (tertiary/aromatic N) is 2. The fraction of sp³-hybridized carbons (Fsp3) is 0.227. The number of benzene rings is 2. The van der Waals surface area contributed by atoms with Crippen molar-refractivity contribution in [2.45, 2.75) is 19.9 Å². The second-order valence-electron chi connectivity index (χ2n) is 6.41. The Morgan fingerprint density at radius 1 is 1.14 bits per heavy atom. The van der Waals surface area contributed by atoms with Crippen LogP contribution in [-0.2, 0) is 13.0 Å². The maximum Gasteiger partial charge on any atom is 0.311 e. The van der Waals surface area contributed by atoms with Gasteiger partial charge in [0.2, 0.25) is 0 Å². The van der Waals surface area contributed by atoms with E-state index < -0.39 is 4.92 Å². The molecule has 1 aromatic heterocycles. The van der Waals surface area contributed by atoms with E-state index in [1.54, 1.807) is 29.2 Å². The largest absolute Gasteiger partial charge is 0.487 e. The van der Waals surface area contributed by atoms with E-state index in [0.717, 1.165) is 10.4 Å². The highest BCUT2D eigenvalue weighted by molar-refractivity contribution is 7.09. The summed E-state index contributed by atoms with van der Waals surface area (Å²) in [6.07, 6.45) is 0.705. The molecule has 0 fully saturated rings. The number of thiophene rings is 1. The number of ether oxygens (including phenoxy) is 1. The average Bonchev–Trinajstić information content (AvgIpc) is 3.25. The van der Waals surface area contributed by atoms with Crippen molar-refractivity contribution in [3.63, 3.8) is 0 Å². The Labute approximate surface area is 173 Å². The lowest BCUT2D eigenvalue weighted by Gasteiger charge is -2.22. The SMILES string of the molecule is CCOc1ccc(C(=O)N(CCc2ccccc2)Cc2cccs2)cc1[N+](=O)[O-]. The second-order valence-corrected chi connectivity index (χ2v) is 7.45. The molecule has 0 saturated heterocycles. The molecular formula is C22H22N2O4S. The minimum atomic E-state index is -0.519. The van der Waals surface area contributed by atoms with Crippen molar-refractivity contribution >= 4 is 22.9 Å².